The van der Waals surface area contributed by atoms with Crippen molar-refractivity contribution < 1.29 is 146 Å². The molecule has 548 valence electrons. The number of nitrogens with zero attached hydrogens (tertiary/aromatic N) is 12. The summed E-state index contributed by atoms with van der Waals surface area (Å²) in [5, 5.41) is 11.8. The maximum atomic E-state index is 14.8. The predicted octanol–water partition coefficient (Wildman–Crippen LogP) is 1.45. The van der Waals surface area contributed by atoms with Gasteiger partial charge in [-0.2, -0.15) is 8.62 Å². The van der Waals surface area contributed by atoms with Gasteiger partial charge in [0.25, 0.3) is 0 Å². The van der Waals surface area contributed by atoms with Crippen LogP contribution in [-0.4, -0.2) is 206 Å². The second kappa shape index (κ2) is 29.6. The molecule has 3 aliphatic heterocycles. The molecule has 3 aliphatic rings. The Morgan fingerprint density at radius 1 is 0.444 bits per heavy atom. The van der Waals surface area contributed by atoms with Crippen molar-refractivity contribution in [2.75, 3.05) is 57.4 Å². The third kappa shape index (κ3) is 18.7. The van der Waals surface area contributed by atoms with Crippen molar-refractivity contribution in [1.29, 1.82) is 0 Å². The first-order valence-corrected chi connectivity index (χ1v) is 36.3. The Hall–Kier alpha value is -6.19. The number of fused-ring (bicyclic) bond motifs is 3. The molecule has 4 unspecified atom stereocenters. The fourth-order valence-corrected chi connectivity index (χ4v) is 14.5. The molecule has 99 heavy (non-hydrogen) atoms. The van der Waals surface area contributed by atoms with Crippen molar-refractivity contribution >= 4 is 108 Å². The number of carbonyl (C=O) groups excluding carboxylic acids is 3. The average molecular weight is 1510 g/mol. The number of phosphoric ester groups is 3. The number of aromatic nitrogens is 12. The van der Waals surface area contributed by atoms with Gasteiger partial charge in [-0.25, -0.2) is 67.7 Å². The smallest absolute Gasteiger partial charge is 0.438 e. The van der Waals surface area contributed by atoms with Crippen LogP contribution in [0.5, 0.6) is 0 Å². The number of ether oxygens (including phenoxy) is 9. The molecule has 0 aliphatic carbocycles. The average Bonchev–Trinajstić information content (AvgIpc) is 1.63. The monoisotopic (exact) mass is 1510 g/mol. The standard InChI is InChI=1S/C48H70N15O31P5/c1-46(2,3)43(65)82-19-79-29-22(88-40(28(29)64)61-16-58-37-25(61)34(49)52-13-55-37)10-85-96(71,72)91-32-30(80-20-83-44(66)47(4,5)6)23(89-41(32)62-17-59-38-26(62)35(50)53-14-56-38)11-86-97(73,74)92-33-31(81-21-84-45(67)48(7,8)9)24(12-87-98(75,76)94-99(77,78)93-95(68,69)70)90-42(33)63-18-60-39-27(63)36(51)54-15-57-39/h13-18,22-24,28-33,40-42,64H,10-12,19-21H2,1-9H3,(H,71,72)(H,73,74)(H,75,76)(H,77,78)(H2,49,52,55)(H2,50,53,56)(H2,51,54,57)(H2,68,69,70)/t22-,23-,24-,28-,29-,30-,31-,32-,33-,40-,41-,42-/m1/s1. The van der Waals surface area contributed by atoms with Crippen LogP contribution in [0, 0.1) is 16.2 Å². The molecule has 9 heterocycles. The van der Waals surface area contributed by atoms with E-state index in [4.69, 9.17) is 92.2 Å². The first-order valence-electron chi connectivity index (χ1n) is 28.8. The minimum atomic E-state index is -6.12. The first kappa shape index (κ1) is 77.0. The van der Waals surface area contributed by atoms with Crippen molar-refractivity contribution in [2.24, 2.45) is 16.2 Å². The van der Waals surface area contributed by atoms with E-state index in [1.54, 1.807) is 20.8 Å². The molecule has 0 aromatic carbocycles. The van der Waals surface area contributed by atoms with E-state index in [0.29, 0.717) is 0 Å². The lowest BCUT2D eigenvalue weighted by atomic mass is 9.97. The van der Waals surface area contributed by atoms with Gasteiger partial charge in [0.1, 0.15) is 109 Å². The summed E-state index contributed by atoms with van der Waals surface area (Å²) in [5.74, 6) is -3.09. The Labute approximate surface area is 557 Å². The number of hydrogen-bond donors (Lipinski definition) is 10. The largest absolute Gasteiger partial charge is 0.490 e. The Kier molecular flexibility index (Phi) is 23.1. The molecular formula is C48H70N15O31P5. The number of esters is 3. The van der Waals surface area contributed by atoms with Gasteiger partial charge in [-0.05, 0) is 62.3 Å². The summed E-state index contributed by atoms with van der Waals surface area (Å²) in [5.41, 5.74) is 15.1. The van der Waals surface area contributed by atoms with Crippen LogP contribution in [-0.2, 0) is 111 Å². The summed E-state index contributed by atoms with van der Waals surface area (Å²) in [6, 6.07) is 0. The molecule has 9 rings (SSSR count). The van der Waals surface area contributed by atoms with Gasteiger partial charge in [-0.1, -0.05) is 0 Å². The zero-order chi connectivity index (χ0) is 72.8. The van der Waals surface area contributed by atoms with E-state index in [1.807, 2.05) is 0 Å². The number of nitrogen functional groups attached to an aromatic ring is 3. The molecule has 0 spiro atoms. The number of anilines is 3. The van der Waals surface area contributed by atoms with E-state index in [0.717, 1.165) is 40.8 Å². The Morgan fingerprint density at radius 3 is 1.10 bits per heavy atom. The van der Waals surface area contributed by atoms with Crippen LogP contribution in [0.3, 0.4) is 0 Å². The second-order valence-electron chi connectivity index (χ2n) is 24.8. The normalized spacial score (nSPS) is 26.5. The number of aliphatic hydroxyl groups is 1. The predicted molar refractivity (Wildman–Crippen MR) is 324 cm³/mol. The van der Waals surface area contributed by atoms with Gasteiger partial charge >= 0.3 is 57.0 Å². The number of carbonyl (C=O) groups is 3. The number of imidazole rings is 3. The Morgan fingerprint density at radius 2 is 0.758 bits per heavy atom. The molecule has 16 atom stereocenters. The van der Waals surface area contributed by atoms with Gasteiger partial charge in [-0.15, -0.1) is 0 Å². The van der Waals surface area contributed by atoms with Crippen LogP contribution >= 0.6 is 39.1 Å². The number of phosphoric acid groups is 5. The Bertz CT molecular complexity index is 4180. The van der Waals surface area contributed by atoms with Crippen molar-refractivity contribution in [3.8, 4) is 0 Å². The quantitative estimate of drug-likeness (QED) is 0.0137. The first-order chi connectivity index (χ1) is 45.9. The molecule has 0 amide bonds. The minimum Gasteiger partial charge on any atom is -0.438 e. The van der Waals surface area contributed by atoms with E-state index in [2.05, 4.69) is 53.5 Å². The number of nitrogens with two attached hydrogens (primary N) is 3. The molecule has 3 saturated heterocycles. The molecule has 6 aromatic rings. The van der Waals surface area contributed by atoms with E-state index in [-0.39, 0.29) is 50.9 Å². The van der Waals surface area contributed by atoms with Gasteiger partial charge in [0.15, 0.2) is 73.5 Å². The van der Waals surface area contributed by atoms with E-state index < -0.39 is 187 Å². The molecule has 0 radical (unpaired) electrons. The maximum Gasteiger partial charge on any atom is 0.490 e. The lowest BCUT2D eigenvalue weighted by Crippen LogP contribution is -2.40. The lowest BCUT2D eigenvalue weighted by molar-refractivity contribution is -0.178. The maximum absolute atomic E-state index is 14.8. The Balaban J connectivity index is 1.04. The summed E-state index contributed by atoms with van der Waals surface area (Å²) >= 11 is 0. The summed E-state index contributed by atoms with van der Waals surface area (Å²) < 4.78 is 158. The molecule has 3 fully saturated rings. The van der Waals surface area contributed by atoms with E-state index in [9.17, 15) is 61.9 Å². The SMILES string of the molecule is CC(C)(C)C(=O)OCO[C@H]1[C@@H](O)[C@H](n2cnc3ncnc(N)c32)O[C@@H]1COP(=O)(O)O[C@@H]1[C@H](OCOC(=O)C(C)(C)C)[C@@H](COP(=O)(O)O[C@@H]2[C@H](OCOC(=O)C(C)(C)C)[C@@H](COP(=O)(O)OP(=O)(O)OP(=O)(O)O)O[C@H]2n2cnc3ncnc(N)c32)O[C@H]1n1cnc2ncnc(N)c21. The van der Waals surface area contributed by atoms with Crippen molar-refractivity contribution in [2.45, 2.75) is 136 Å². The lowest BCUT2D eigenvalue weighted by Gasteiger charge is -2.28. The van der Waals surface area contributed by atoms with Gasteiger partial charge in [0.05, 0.1) is 36.1 Å². The van der Waals surface area contributed by atoms with Crippen LogP contribution in [0.2, 0.25) is 0 Å². The van der Waals surface area contributed by atoms with Crippen LogP contribution < -0.4 is 17.2 Å². The third-order valence-corrected chi connectivity index (χ3v) is 20.0. The second-order valence-corrected chi connectivity index (χ2v) is 32.0. The molecule has 6 aromatic heterocycles. The summed E-state index contributed by atoms with van der Waals surface area (Å²) in [6.45, 7) is 7.21. The number of rotatable bonds is 29. The molecule has 51 heteroatoms. The fraction of sp³-hybridized carbons (Fsp3) is 0.625. The highest BCUT2D eigenvalue weighted by atomic mass is 31.3. The fourth-order valence-electron chi connectivity index (χ4n) is 9.65. The van der Waals surface area contributed by atoms with Crippen molar-refractivity contribution in [3.05, 3.63) is 38.0 Å². The highest BCUT2D eigenvalue weighted by Gasteiger charge is 2.56. The summed E-state index contributed by atoms with van der Waals surface area (Å²) in [4.78, 5) is 138. The van der Waals surface area contributed by atoms with Crippen LogP contribution in [0.1, 0.15) is 81.0 Å². The zero-order valence-electron chi connectivity index (χ0n) is 53.4. The molecule has 13 N–H and O–H groups in total. The van der Waals surface area contributed by atoms with Crippen molar-refractivity contribution in [3.63, 3.8) is 0 Å². The highest BCUT2D eigenvalue weighted by Crippen LogP contribution is 2.66. The summed E-state index contributed by atoms with van der Waals surface area (Å²) in [7, 11) is -29.5. The van der Waals surface area contributed by atoms with Crippen LogP contribution in [0.4, 0.5) is 17.5 Å². The molecule has 0 bridgehead atoms. The number of aliphatic hydroxyl groups excluding tert-OH is 1. The van der Waals surface area contributed by atoms with Gasteiger partial charge < -0.3 is 94.3 Å². The molecule has 0 saturated carbocycles. The topological polar surface area (TPSA) is 635 Å². The minimum absolute atomic E-state index is 0.0829. The van der Waals surface area contributed by atoms with E-state index in [1.165, 1.54) is 52.4 Å². The van der Waals surface area contributed by atoms with E-state index >= 15 is 0 Å². The van der Waals surface area contributed by atoms with Gasteiger partial charge in [0.2, 0.25) is 0 Å². The highest BCUT2D eigenvalue weighted by molar-refractivity contribution is 7.66. The third-order valence-electron chi connectivity index (χ3n) is 14.2. The molecule has 46 nitrogen and oxygen atoms in total. The van der Waals surface area contributed by atoms with Crippen LogP contribution in [0.25, 0.3) is 33.5 Å². The van der Waals surface area contributed by atoms with Crippen molar-refractivity contribution in [1.82, 2.24) is 58.6 Å². The van der Waals surface area contributed by atoms with Gasteiger partial charge in [-0.3, -0.25) is 50.7 Å². The summed E-state index contributed by atoms with van der Waals surface area (Å²) in [6.07, 6.45) is -15.4. The number of hydrogen-bond acceptors (Lipinski definition) is 37. The molecular weight excluding hydrogens is 1440 g/mol. The zero-order valence-corrected chi connectivity index (χ0v) is 57.9. The van der Waals surface area contributed by atoms with Gasteiger partial charge in [0, 0.05) is 0 Å². The van der Waals surface area contributed by atoms with Crippen LogP contribution in [0.15, 0.2) is 38.0 Å².